The van der Waals surface area contributed by atoms with Crippen LogP contribution in [-0.2, 0) is 4.74 Å². The molecule has 1 atom stereocenters. The average molecular weight is 264 g/mol. The molecule has 1 aliphatic heterocycles. The molecule has 1 fully saturated rings. The van der Waals surface area contributed by atoms with Gasteiger partial charge in [0.15, 0.2) is 0 Å². The molecule has 6 heteroatoms. The van der Waals surface area contributed by atoms with Crippen molar-refractivity contribution in [2.24, 2.45) is 5.84 Å². The number of carbonyl (C=O) groups is 1. The fourth-order valence-corrected chi connectivity index (χ4v) is 2.23. The Hall–Kier alpha value is -1.66. The Morgan fingerprint density at radius 3 is 2.89 bits per heavy atom. The Balaban J connectivity index is 1.96. The summed E-state index contributed by atoms with van der Waals surface area (Å²) in [7, 11) is 0. The molecule has 1 aromatic rings. The highest BCUT2D eigenvalue weighted by atomic mass is 16.5. The molecule has 2 rings (SSSR count). The normalized spacial score (nSPS) is 21.7. The van der Waals surface area contributed by atoms with Crippen molar-refractivity contribution in [1.29, 1.82) is 0 Å². The number of nitrogen functional groups attached to an aromatic ring is 1. The third kappa shape index (κ3) is 3.65. The number of rotatable bonds is 3. The van der Waals surface area contributed by atoms with Crippen molar-refractivity contribution in [1.82, 2.24) is 10.3 Å². The first-order valence-corrected chi connectivity index (χ1v) is 6.38. The van der Waals surface area contributed by atoms with Crippen LogP contribution in [0, 0.1) is 0 Å². The van der Waals surface area contributed by atoms with Gasteiger partial charge in [-0.25, -0.2) is 4.98 Å². The molecule has 0 aliphatic carbocycles. The van der Waals surface area contributed by atoms with Gasteiger partial charge in [0.25, 0.3) is 5.91 Å². The van der Waals surface area contributed by atoms with Crippen molar-refractivity contribution in [3.8, 4) is 0 Å². The van der Waals surface area contributed by atoms with Crippen LogP contribution in [0.4, 0.5) is 5.69 Å². The average Bonchev–Trinajstić information content (AvgIpc) is 2.37. The number of hydrogen-bond acceptors (Lipinski definition) is 5. The first kappa shape index (κ1) is 13.8. The van der Waals surface area contributed by atoms with Crippen molar-refractivity contribution >= 4 is 11.6 Å². The highest BCUT2D eigenvalue weighted by Crippen LogP contribution is 2.24. The quantitative estimate of drug-likeness (QED) is 0.561. The number of nitrogens with two attached hydrogens (primary N) is 1. The molecule has 2 heterocycles. The van der Waals surface area contributed by atoms with Gasteiger partial charge in [-0.05, 0) is 38.8 Å². The number of hydrazine groups is 1. The Labute approximate surface area is 112 Å². The molecule has 19 heavy (non-hydrogen) atoms. The second kappa shape index (κ2) is 5.54. The summed E-state index contributed by atoms with van der Waals surface area (Å²) in [5.41, 5.74) is 3.35. The number of hydrogen-bond donors (Lipinski definition) is 3. The monoisotopic (exact) mass is 264 g/mol. The van der Waals surface area contributed by atoms with Gasteiger partial charge in [-0.2, -0.15) is 0 Å². The Bertz CT molecular complexity index is 444. The standard InChI is InChI=1S/C13H20N4O2/c1-13(2)7-9(5-6-19-13)16-12(18)11-4-3-10(17-14)8-15-11/h3-4,8-9,17H,5-7,14H2,1-2H3,(H,16,18). The van der Waals surface area contributed by atoms with E-state index in [2.05, 4.69) is 15.7 Å². The molecule has 1 aromatic heterocycles. The van der Waals surface area contributed by atoms with E-state index in [0.717, 1.165) is 12.8 Å². The van der Waals surface area contributed by atoms with Gasteiger partial charge in [0, 0.05) is 12.6 Å². The first-order chi connectivity index (χ1) is 9.00. The molecule has 1 aliphatic rings. The summed E-state index contributed by atoms with van der Waals surface area (Å²) in [5, 5.41) is 3.00. The molecule has 104 valence electrons. The van der Waals surface area contributed by atoms with Crippen LogP contribution in [0.1, 0.15) is 37.2 Å². The van der Waals surface area contributed by atoms with Crippen LogP contribution in [0.3, 0.4) is 0 Å². The van der Waals surface area contributed by atoms with Gasteiger partial charge < -0.3 is 15.5 Å². The van der Waals surface area contributed by atoms with E-state index in [1.165, 1.54) is 6.20 Å². The maximum Gasteiger partial charge on any atom is 0.270 e. The second-order valence-corrected chi connectivity index (χ2v) is 5.35. The summed E-state index contributed by atoms with van der Waals surface area (Å²) in [5.74, 6) is 5.09. The maximum atomic E-state index is 12.1. The molecule has 4 N–H and O–H groups in total. The van der Waals surface area contributed by atoms with Crippen LogP contribution in [-0.4, -0.2) is 29.1 Å². The molecule has 6 nitrogen and oxygen atoms in total. The summed E-state index contributed by atoms with van der Waals surface area (Å²) in [6.45, 7) is 4.73. The first-order valence-electron chi connectivity index (χ1n) is 6.38. The minimum absolute atomic E-state index is 0.130. The number of aromatic nitrogens is 1. The highest BCUT2D eigenvalue weighted by Gasteiger charge is 2.29. The lowest BCUT2D eigenvalue weighted by atomic mass is 9.94. The third-order valence-electron chi connectivity index (χ3n) is 3.20. The van der Waals surface area contributed by atoms with Gasteiger partial charge in [-0.3, -0.25) is 10.6 Å². The van der Waals surface area contributed by atoms with Crippen LogP contribution in [0.25, 0.3) is 0 Å². The maximum absolute atomic E-state index is 12.1. The molecular weight excluding hydrogens is 244 g/mol. The van der Waals surface area contributed by atoms with Crippen LogP contribution in [0.5, 0.6) is 0 Å². The van der Waals surface area contributed by atoms with E-state index in [1.54, 1.807) is 12.1 Å². The zero-order chi connectivity index (χ0) is 13.9. The minimum Gasteiger partial charge on any atom is -0.375 e. The van der Waals surface area contributed by atoms with Crippen LogP contribution < -0.4 is 16.6 Å². The Morgan fingerprint density at radius 1 is 1.53 bits per heavy atom. The number of nitrogens with zero attached hydrogens (tertiary/aromatic N) is 1. The Morgan fingerprint density at radius 2 is 2.32 bits per heavy atom. The van der Waals surface area contributed by atoms with Crippen LogP contribution >= 0.6 is 0 Å². The highest BCUT2D eigenvalue weighted by molar-refractivity contribution is 5.92. The van der Waals surface area contributed by atoms with Gasteiger partial charge in [0.1, 0.15) is 5.69 Å². The van der Waals surface area contributed by atoms with Crippen molar-refractivity contribution in [2.75, 3.05) is 12.0 Å². The molecule has 0 saturated carbocycles. The lowest BCUT2D eigenvalue weighted by Crippen LogP contribution is -2.45. The molecule has 0 bridgehead atoms. The Kier molecular flexibility index (Phi) is 4.01. The van der Waals surface area contributed by atoms with Crippen LogP contribution in [0.15, 0.2) is 18.3 Å². The number of nitrogens with one attached hydrogen (secondary N) is 2. The number of anilines is 1. The fourth-order valence-electron chi connectivity index (χ4n) is 2.23. The van der Waals surface area contributed by atoms with Gasteiger partial charge in [0.05, 0.1) is 17.5 Å². The number of amides is 1. The summed E-state index contributed by atoms with van der Waals surface area (Å²) in [6.07, 6.45) is 3.17. The van der Waals surface area contributed by atoms with Crippen molar-refractivity contribution < 1.29 is 9.53 Å². The minimum atomic E-state index is -0.184. The van der Waals surface area contributed by atoms with Crippen molar-refractivity contribution in [2.45, 2.75) is 38.3 Å². The van der Waals surface area contributed by atoms with E-state index in [9.17, 15) is 4.79 Å². The van der Waals surface area contributed by atoms with E-state index < -0.39 is 0 Å². The summed E-state index contributed by atoms with van der Waals surface area (Å²) >= 11 is 0. The van der Waals surface area contributed by atoms with Crippen molar-refractivity contribution in [3.63, 3.8) is 0 Å². The lowest BCUT2D eigenvalue weighted by molar-refractivity contribution is -0.0615. The van der Waals surface area contributed by atoms with Gasteiger partial charge in [-0.15, -0.1) is 0 Å². The fraction of sp³-hybridized carbons (Fsp3) is 0.538. The number of ether oxygens (including phenoxy) is 1. The largest absolute Gasteiger partial charge is 0.375 e. The van der Waals surface area contributed by atoms with E-state index in [-0.39, 0.29) is 17.6 Å². The lowest BCUT2D eigenvalue weighted by Gasteiger charge is -2.35. The second-order valence-electron chi connectivity index (χ2n) is 5.35. The SMILES string of the molecule is CC1(C)CC(NC(=O)c2ccc(NN)cn2)CCO1. The van der Waals surface area contributed by atoms with E-state index in [4.69, 9.17) is 10.6 Å². The molecular formula is C13H20N4O2. The zero-order valence-corrected chi connectivity index (χ0v) is 11.3. The van der Waals surface area contributed by atoms with Crippen LogP contribution in [0.2, 0.25) is 0 Å². The summed E-state index contributed by atoms with van der Waals surface area (Å²) in [6, 6.07) is 3.50. The predicted octanol–water partition coefficient (Wildman–Crippen LogP) is 1.05. The topological polar surface area (TPSA) is 89.3 Å². The zero-order valence-electron chi connectivity index (χ0n) is 11.3. The molecule has 0 aromatic carbocycles. The molecule has 1 saturated heterocycles. The molecule has 1 amide bonds. The summed E-state index contributed by atoms with van der Waals surface area (Å²) in [4.78, 5) is 16.1. The van der Waals surface area contributed by atoms with Gasteiger partial charge >= 0.3 is 0 Å². The van der Waals surface area contributed by atoms with E-state index in [1.807, 2.05) is 13.8 Å². The summed E-state index contributed by atoms with van der Waals surface area (Å²) < 4.78 is 5.62. The van der Waals surface area contributed by atoms with E-state index >= 15 is 0 Å². The molecule has 0 radical (unpaired) electrons. The van der Waals surface area contributed by atoms with Gasteiger partial charge in [-0.1, -0.05) is 0 Å². The predicted molar refractivity (Wildman–Crippen MR) is 72.6 cm³/mol. The molecule has 0 spiro atoms. The van der Waals surface area contributed by atoms with Crippen molar-refractivity contribution in [3.05, 3.63) is 24.0 Å². The van der Waals surface area contributed by atoms with E-state index in [0.29, 0.717) is 18.0 Å². The van der Waals surface area contributed by atoms with Gasteiger partial charge in [0.2, 0.25) is 0 Å². The number of carbonyl (C=O) groups excluding carboxylic acids is 1. The smallest absolute Gasteiger partial charge is 0.270 e. The molecule has 1 unspecified atom stereocenters. The third-order valence-corrected chi connectivity index (χ3v) is 3.20. The number of pyridine rings is 1.